The van der Waals surface area contributed by atoms with Crippen LogP contribution in [-0.4, -0.2) is 30.2 Å². The number of hydrogen-bond donors (Lipinski definition) is 1. The van der Waals surface area contributed by atoms with Gasteiger partial charge < -0.3 is 14.3 Å². The zero-order chi connectivity index (χ0) is 20.6. The van der Waals surface area contributed by atoms with Gasteiger partial charge in [0.25, 0.3) is 11.6 Å². The molecule has 148 valence electrons. The Kier molecular flexibility index (Phi) is 4.67. The van der Waals surface area contributed by atoms with Crippen LogP contribution in [0.2, 0.25) is 0 Å². The highest BCUT2D eigenvalue weighted by molar-refractivity contribution is 7.91. The van der Waals surface area contributed by atoms with Crippen LogP contribution in [0.3, 0.4) is 0 Å². The predicted octanol–water partition coefficient (Wildman–Crippen LogP) is 3.84. The number of aromatic nitrogens is 2. The van der Waals surface area contributed by atoms with Crippen molar-refractivity contribution in [3.63, 3.8) is 0 Å². The summed E-state index contributed by atoms with van der Waals surface area (Å²) >= 11 is 0. The second kappa shape index (κ2) is 7.17. The molecule has 0 radical (unpaired) electrons. The van der Waals surface area contributed by atoms with Crippen molar-refractivity contribution in [3.8, 4) is 11.5 Å². The summed E-state index contributed by atoms with van der Waals surface area (Å²) in [5.74, 6) is -0.119. The van der Waals surface area contributed by atoms with E-state index in [4.69, 9.17) is 8.94 Å². The molecule has 0 aliphatic heterocycles. The molecule has 3 heterocycles. The van der Waals surface area contributed by atoms with Crippen LogP contribution in [0.25, 0.3) is 22.6 Å². The lowest BCUT2D eigenvalue weighted by Crippen LogP contribution is -2.16. The highest BCUT2D eigenvalue weighted by atomic mass is 32.2. The number of aryl methyl sites for hydroxylation is 1. The van der Waals surface area contributed by atoms with E-state index in [9.17, 15) is 13.2 Å². The topological polar surface area (TPSA) is 115 Å². The smallest absolute Gasteiger partial charge is 0.259 e. The lowest BCUT2D eigenvalue weighted by atomic mass is 10.1. The molecular formula is C20H17N3O5S. The Labute approximate surface area is 166 Å². The van der Waals surface area contributed by atoms with E-state index in [2.05, 4.69) is 15.5 Å². The maximum Gasteiger partial charge on any atom is 0.259 e. The predicted molar refractivity (Wildman–Crippen MR) is 106 cm³/mol. The van der Waals surface area contributed by atoms with Crippen LogP contribution in [-0.2, 0) is 9.84 Å². The van der Waals surface area contributed by atoms with Crippen LogP contribution in [0.4, 0.5) is 5.69 Å². The lowest BCUT2D eigenvalue weighted by molar-refractivity contribution is 0.102. The molecule has 0 aliphatic carbocycles. The first-order valence-corrected chi connectivity index (χ1v) is 10.5. The number of hydrogen-bond acceptors (Lipinski definition) is 7. The van der Waals surface area contributed by atoms with Crippen molar-refractivity contribution in [3.05, 3.63) is 60.0 Å². The summed E-state index contributed by atoms with van der Waals surface area (Å²) in [5, 5.41) is 7.05. The standard InChI is InChI=1S/C20H17N3O5S/c1-3-29(25,26)17-9-5-4-7-14(17)21-19(24)13-11-15(16-8-6-10-27-16)22-20-18(13)12(2)23-28-20/h4-11H,3H2,1-2H3,(H,21,24). The van der Waals surface area contributed by atoms with Gasteiger partial charge in [0.2, 0.25) is 0 Å². The van der Waals surface area contributed by atoms with Gasteiger partial charge in [-0.05, 0) is 37.3 Å². The molecular weight excluding hydrogens is 394 g/mol. The third-order valence-corrected chi connectivity index (χ3v) is 6.27. The fourth-order valence-corrected chi connectivity index (χ4v) is 4.06. The minimum absolute atomic E-state index is 0.0643. The van der Waals surface area contributed by atoms with Crippen molar-refractivity contribution < 1.29 is 22.2 Å². The normalized spacial score (nSPS) is 11.7. The minimum Gasteiger partial charge on any atom is -0.463 e. The van der Waals surface area contributed by atoms with Crippen LogP contribution in [0, 0.1) is 6.92 Å². The molecule has 0 bridgehead atoms. The number of para-hydroxylation sites is 1. The van der Waals surface area contributed by atoms with Gasteiger partial charge in [0.15, 0.2) is 15.6 Å². The summed E-state index contributed by atoms with van der Waals surface area (Å²) in [6.45, 7) is 3.25. The molecule has 4 rings (SSSR count). The number of carbonyl (C=O) groups is 1. The quantitative estimate of drug-likeness (QED) is 0.530. The maximum absolute atomic E-state index is 13.1. The van der Waals surface area contributed by atoms with Gasteiger partial charge in [-0.3, -0.25) is 4.79 Å². The molecule has 0 fully saturated rings. The molecule has 9 heteroatoms. The van der Waals surface area contributed by atoms with E-state index in [0.717, 1.165) is 0 Å². The summed E-state index contributed by atoms with van der Waals surface area (Å²) in [6, 6.07) is 11.3. The zero-order valence-corrected chi connectivity index (χ0v) is 16.5. The zero-order valence-electron chi connectivity index (χ0n) is 15.7. The summed E-state index contributed by atoms with van der Waals surface area (Å²) in [7, 11) is -3.51. The molecule has 0 saturated heterocycles. The Morgan fingerprint density at radius 1 is 1.17 bits per heavy atom. The monoisotopic (exact) mass is 411 g/mol. The summed E-state index contributed by atoms with van der Waals surface area (Å²) in [5.41, 5.74) is 1.55. The van der Waals surface area contributed by atoms with Crippen molar-refractivity contribution in [1.82, 2.24) is 10.1 Å². The lowest BCUT2D eigenvalue weighted by Gasteiger charge is -2.11. The van der Waals surface area contributed by atoms with Gasteiger partial charge in [-0.25, -0.2) is 13.4 Å². The Hall–Kier alpha value is -3.46. The van der Waals surface area contributed by atoms with E-state index >= 15 is 0 Å². The second-order valence-electron chi connectivity index (χ2n) is 6.33. The van der Waals surface area contributed by atoms with Crippen LogP contribution in [0.15, 0.2) is 62.6 Å². The SMILES string of the molecule is CCS(=O)(=O)c1ccccc1NC(=O)c1cc(-c2ccco2)nc2onc(C)c12. The van der Waals surface area contributed by atoms with Gasteiger partial charge in [-0.1, -0.05) is 24.2 Å². The third kappa shape index (κ3) is 3.40. The fraction of sp³-hybridized carbons (Fsp3) is 0.150. The first-order chi connectivity index (χ1) is 13.9. The van der Waals surface area contributed by atoms with Crippen LogP contribution in [0.5, 0.6) is 0 Å². The van der Waals surface area contributed by atoms with Gasteiger partial charge >= 0.3 is 0 Å². The van der Waals surface area contributed by atoms with Gasteiger partial charge in [0.05, 0.1) is 39.2 Å². The van der Waals surface area contributed by atoms with Gasteiger partial charge in [-0.2, -0.15) is 0 Å². The van der Waals surface area contributed by atoms with Crippen molar-refractivity contribution in [2.75, 3.05) is 11.1 Å². The number of nitrogens with zero attached hydrogens (tertiary/aromatic N) is 2. The number of rotatable bonds is 5. The highest BCUT2D eigenvalue weighted by Gasteiger charge is 2.23. The summed E-state index contributed by atoms with van der Waals surface area (Å²) in [6.07, 6.45) is 1.50. The Morgan fingerprint density at radius 2 is 1.97 bits per heavy atom. The van der Waals surface area contributed by atoms with E-state index in [0.29, 0.717) is 22.5 Å². The molecule has 1 N–H and O–H groups in total. The molecule has 1 amide bonds. The summed E-state index contributed by atoms with van der Waals surface area (Å²) in [4.78, 5) is 17.6. The number of furan rings is 1. The molecule has 3 aromatic heterocycles. The molecule has 0 spiro atoms. The average molecular weight is 411 g/mol. The van der Waals surface area contributed by atoms with Crippen LogP contribution >= 0.6 is 0 Å². The van der Waals surface area contributed by atoms with Crippen molar-refractivity contribution >= 4 is 32.5 Å². The number of nitrogens with one attached hydrogen (secondary N) is 1. The Balaban J connectivity index is 1.82. The van der Waals surface area contributed by atoms with Gasteiger partial charge in [0, 0.05) is 0 Å². The number of fused-ring (bicyclic) bond motifs is 1. The number of pyridine rings is 1. The van der Waals surface area contributed by atoms with Crippen molar-refractivity contribution in [1.29, 1.82) is 0 Å². The number of carbonyl (C=O) groups excluding carboxylic acids is 1. The molecule has 0 aliphatic rings. The highest BCUT2D eigenvalue weighted by Crippen LogP contribution is 2.29. The van der Waals surface area contributed by atoms with Gasteiger partial charge in [-0.15, -0.1) is 0 Å². The van der Waals surface area contributed by atoms with E-state index in [1.54, 1.807) is 50.2 Å². The Bertz CT molecular complexity index is 1310. The molecule has 4 aromatic rings. The molecule has 0 saturated carbocycles. The number of sulfone groups is 1. The summed E-state index contributed by atoms with van der Waals surface area (Å²) < 4.78 is 35.4. The molecule has 0 unspecified atom stereocenters. The number of anilines is 1. The van der Waals surface area contributed by atoms with E-state index in [-0.39, 0.29) is 27.6 Å². The van der Waals surface area contributed by atoms with Crippen LogP contribution < -0.4 is 5.32 Å². The van der Waals surface area contributed by atoms with E-state index in [1.807, 2.05) is 0 Å². The first kappa shape index (κ1) is 18.9. The third-order valence-electron chi connectivity index (χ3n) is 4.49. The molecule has 29 heavy (non-hydrogen) atoms. The molecule has 0 atom stereocenters. The molecule has 8 nitrogen and oxygen atoms in total. The first-order valence-electron chi connectivity index (χ1n) is 8.84. The second-order valence-corrected chi connectivity index (χ2v) is 8.58. The molecule has 1 aromatic carbocycles. The number of benzene rings is 1. The largest absolute Gasteiger partial charge is 0.463 e. The minimum atomic E-state index is -3.51. The Morgan fingerprint density at radius 3 is 2.69 bits per heavy atom. The van der Waals surface area contributed by atoms with E-state index < -0.39 is 15.7 Å². The number of amides is 1. The van der Waals surface area contributed by atoms with Crippen molar-refractivity contribution in [2.45, 2.75) is 18.7 Å². The van der Waals surface area contributed by atoms with E-state index in [1.165, 1.54) is 12.3 Å². The van der Waals surface area contributed by atoms with Crippen molar-refractivity contribution in [2.24, 2.45) is 0 Å². The fourth-order valence-electron chi connectivity index (χ4n) is 3.01. The van der Waals surface area contributed by atoms with Crippen LogP contribution in [0.1, 0.15) is 23.0 Å². The van der Waals surface area contributed by atoms with Gasteiger partial charge in [0.1, 0.15) is 5.69 Å². The average Bonchev–Trinajstić information content (AvgIpc) is 3.38. The maximum atomic E-state index is 13.1.